The van der Waals surface area contributed by atoms with Crippen molar-refractivity contribution in [2.45, 2.75) is 109 Å². The fourth-order valence-corrected chi connectivity index (χ4v) is 6.76. The highest BCUT2D eigenvalue weighted by Gasteiger charge is 2.36. The zero-order chi connectivity index (χ0) is 27.4. The first-order valence-corrected chi connectivity index (χ1v) is 17.6. The van der Waals surface area contributed by atoms with Gasteiger partial charge in [-0.05, 0) is 89.2 Å². The Labute approximate surface area is 224 Å². The van der Waals surface area contributed by atoms with Gasteiger partial charge in [-0.15, -0.1) is 0 Å². The molecule has 2 heterocycles. The molecule has 2 aliphatic heterocycles. The first-order valence-electron chi connectivity index (χ1n) is 13.9. The van der Waals surface area contributed by atoms with Crippen LogP contribution in [0.3, 0.4) is 0 Å². The van der Waals surface area contributed by atoms with Crippen LogP contribution in [0.4, 0.5) is 0 Å². The van der Waals surface area contributed by atoms with E-state index in [0.717, 1.165) is 31.5 Å². The minimum Gasteiger partial charge on any atom is -0.460 e. The molecule has 1 unspecified atom stereocenters. The summed E-state index contributed by atoms with van der Waals surface area (Å²) in [7, 11) is -0.942. The molecule has 0 aromatic heterocycles. The number of primary amides is 1. The summed E-state index contributed by atoms with van der Waals surface area (Å²) >= 11 is 0. The van der Waals surface area contributed by atoms with E-state index in [9.17, 15) is 14.4 Å². The van der Waals surface area contributed by atoms with Gasteiger partial charge in [-0.25, -0.2) is 0 Å². The summed E-state index contributed by atoms with van der Waals surface area (Å²) in [5.41, 5.74) is 7.92. The fraction of sp³-hybridized carbons (Fsp3) is 0.690. The first-order chi connectivity index (χ1) is 17.2. The molecule has 0 spiro atoms. The highest BCUT2D eigenvalue weighted by molar-refractivity contribution is 6.76. The second-order valence-corrected chi connectivity index (χ2v) is 18.6. The van der Waals surface area contributed by atoms with E-state index in [-0.39, 0.29) is 18.7 Å². The topological polar surface area (TPSA) is 92.9 Å². The number of fused-ring (bicyclic) bond motifs is 1. The molecule has 2 amide bonds. The van der Waals surface area contributed by atoms with Crippen LogP contribution in [0.2, 0.25) is 25.7 Å². The number of benzene rings is 1. The van der Waals surface area contributed by atoms with Crippen molar-refractivity contribution in [1.29, 1.82) is 0 Å². The van der Waals surface area contributed by atoms with E-state index in [4.69, 9.17) is 10.5 Å². The highest BCUT2D eigenvalue weighted by Crippen LogP contribution is 2.33. The molecular formula is C29H47N3O4Si. The first kappa shape index (κ1) is 29.4. The van der Waals surface area contributed by atoms with Gasteiger partial charge < -0.3 is 20.3 Å². The number of nitrogens with zero attached hydrogens (tertiary/aromatic N) is 2. The molecule has 7 nitrogen and oxygen atoms in total. The molecule has 0 saturated carbocycles. The summed E-state index contributed by atoms with van der Waals surface area (Å²) in [6.07, 6.45) is 5.09. The Morgan fingerprint density at radius 2 is 1.81 bits per heavy atom. The van der Waals surface area contributed by atoms with Crippen LogP contribution in [0.5, 0.6) is 0 Å². The average Bonchev–Trinajstić information content (AvgIpc) is 3.11. The number of esters is 1. The zero-order valence-electron chi connectivity index (χ0n) is 23.8. The highest BCUT2D eigenvalue weighted by atomic mass is 28.3. The average molecular weight is 530 g/mol. The smallest absolute Gasteiger partial charge is 0.306 e. The standard InChI is InChI=1S/C29H47N3O4Si/c1-29(2,3)36-26(33)12-11-25(27(30)34)32-20-23-19-22(9-10-24(23)28(32)35)21-13-16-31(17-14-21)15-7-8-18-37(4,5)6/h9-10,19,21,25H,7-8,11-18,20H2,1-6H3,(H2,30,34). The summed E-state index contributed by atoms with van der Waals surface area (Å²) in [6, 6.07) is 6.70. The molecule has 0 aliphatic carbocycles. The Morgan fingerprint density at radius 3 is 2.41 bits per heavy atom. The molecule has 1 saturated heterocycles. The quantitative estimate of drug-likeness (QED) is 0.250. The van der Waals surface area contributed by atoms with E-state index < -0.39 is 31.6 Å². The van der Waals surface area contributed by atoms with Crippen LogP contribution < -0.4 is 5.73 Å². The second kappa shape index (κ2) is 12.1. The molecule has 1 aromatic rings. The normalized spacial score (nSPS) is 18.1. The lowest BCUT2D eigenvalue weighted by atomic mass is 9.88. The predicted molar refractivity (Wildman–Crippen MR) is 150 cm³/mol. The summed E-state index contributed by atoms with van der Waals surface area (Å²) in [6.45, 7) is 16.5. The van der Waals surface area contributed by atoms with Gasteiger partial charge >= 0.3 is 5.97 Å². The van der Waals surface area contributed by atoms with Gasteiger partial charge in [-0.2, -0.15) is 0 Å². The van der Waals surface area contributed by atoms with E-state index in [1.54, 1.807) is 20.8 Å². The van der Waals surface area contributed by atoms with Crippen molar-refractivity contribution in [2.75, 3.05) is 19.6 Å². The van der Waals surface area contributed by atoms with Crippen LogP contribution in [-0.4, -0.2) is 66.9 Å². The van der Waals surface area contributed by atoms with Crippen LogP contribution in [0.15, 0.2) is 18.2 Å². The van der Waals surface area contributed by atoms with Crippen molar-refractivity contribution in [1.82, 2.24) is 9.80 Å². The van der Waals surface area contributed by atoms with Crippen molar-refractivity contribution in [3.05, 3.63) is 34.9 Å². The Balaban J connectivity index is 1.55. The third-order valence-corrected chi connectivity index (χ3v) is 9.27. The maximum Gasteiger partial charge on any atom is 0.306 e. The van der Waals surface area contributed by atoms with Crippen LogP contribution in [-0.2, 0) is 20.9 Å². The number of ether oxygens (including phenoxy) is 1. The van der Waals surface area contributed by atoms with Crippen LogP contribution >= 0.6 is 0 Å². The monoisotopic (exact) mass is 529 g/mol. The number of carbonyl (C=O) groups is 3. The molecule has 206 valence electrons. The van der Waals surface area contributed by atoms with Gasteiger partial charge in [0.2, 0.25) is 5.91 Å². The third kappa shape index (κ3) is 8.67. The van der Waals surface area contributed by atoms with Crippen molar-refractivity contribution in [2.24, 2.45) is 5.73 Å². The minimum absolute atomic E-state index is 0.0347. The van der Waals surface area contributed by atoms with Gasteiger partial charge in [0, 0.05) is 26.6 Å². The summed E-state index contributed by atoms with van der Waals surface area (Å²) in [4.78, 5) is 41.7. The van der Waals surface area contributed by atoms with Gasteiger partial charge in [-0.1, -0.05) is 44.2 Å². The van der Waals surface area contributed by atoms with Crippen LogP contribution in [0.1, 0.15) is 86.7 Å². The number of hydrogen-bond donors (Lipinski definition) is 1. The van der Waals surface area contributed by atoms with E-state index in [2.05, 4.69) is 36.7 Å². The van der Waals surface area contributed by atoms with Gasteiger partial charge in [0.05, 0.1) is 0 Å². The lowest BCUT2D eigenvalue weighted by Crippen LogP contribution is -2.45. The van der Waals surface area contributed by atoms with E-state index in [0.29, 0.717) is 18.0 Å². The molecule has 1 atom stereocenters. The largest absolute Gasteiger partial charge is 0.460 e. The Bertz CT molecular complexity index is 974. The molecule has 0 bridgehead atoms. The molecule has 1 fully saturated rings. The number of unbranched alkanes of at least 4 members (excludes halogenated alkanes) is 1. The predicted octanol–water partition coefficient (Wildman–Crippen LogP) is 4.92. The zero-order valence-corrected chi connectivity index (χ0v) is 24.8. The molecule has 1 aromatic carbocycles. The van der Waals surface area contributed by atoms with Crippen LogP contribution in [0, 0.1) is 0 Å². The lowest BCUT2D eigenvalue weighted by molar-refractivity contribution is -0.155. The summed E-state index contributed by atoms with van der Waals surface area (Å²) < 4.78 is 5.35. The summed E-state index contributed by atoms with van der Waals surface area (Å²) in [5.74, 6) is -0.691. The minimum atomic E-state index is -0.942. The fourth-order valence-electron chi connectivity index (χ4n) is 5.45. The Kier molecular flexibility index (Phi) is 9.61. The molecule has 2 aliphatic rings. The van der Waals surface area contributed by atoms with E-state index in [1.807, 2.05) is 6.07 Å². The maximum absolute atomic E-state index is 13.1. The van der Waals surface area contributed by atoms with Crippen molar-refractivity contribution < 1.29 is 19.1 Å². The molecular weight excluding hydrogens is 482 g/mol. The Hall–Kier alpha value is -2.19. The SMILES string of the molecule is CC(C)(C)OC(=O)CCC(C(N)=O)N1Cc2cc(C3CCN(CCCC[Si](C)(C)C)CC3)ccc2C1=O. The molecule has 37 heavy (non-hydrogen) atoms. The van der Waals surface area contributed by atoms with Gasteiger partial charge in [0.15, 0.2) is 0 Å². The lowest BCUT2D eigenvalue weighted by Gasteiger charge is -2.32. The molecule has 3 rings (SSSR count). The number of amides is 2. The molecule has 0 radical (unpaired) electrons. The number of hydrogen-bond acceptors (Lipinski definition) is 5. The van der Waals surface area contributed by atoms with Gasteiger partial charge in [0.25, 0.3) is 5.91 Å². The van der Waals surface area contributed by atoms with Crippen molar-refractivity contribution in [3.8, 4) is 0 Å². The number of piperidine rings is 1. The Morgan fingerprint density at radius 1 is 1.14 bits per heavy atom. The molecule has 8 heteroatoms. The number of carbonyl (C=O) groups excluding carboxylic acids is 3. The van der Waals surface area contributed by atoms with E-state index >= 15 is 0 Å². The summed E-state index contributed by atoms with van der Waals surface area (Å²) in [5, 5.41) is 0. The molecule has 2 N–H and O–H groups in total. The third-order valence-electron chi connectivity index (χ3n) is 7.42. The maximum atomic E-state index is 13.1. The second-order valence-electron chi connectivity index (χ2n) is 13.0. The van der Waals surface area contributed by atoms with Crippen molar-refractivity contribution in [3.63, 3.8) is 0 Å². The number of nitrogens with two attached hydrogens (primary N) is 1. The number of rotatable bonds is 11. The number of likely N-dealkylation sites (tertiary alicyclic amines) is 1. The van der Waals surface area contributed by atoms with E-state index in [1.165, 1.54) is 35.9 Å². The van der Waals surface area contributed by atoms with Gasteiger partial charge in [-0.3, -0.25) is 14.4 Å². The van der Waals surface area contributed by atoms with Crippen molar-refractivity contribution >= 4 is 25.9 Å². The van der Waals surface area contributed by atoms with Gasteiger partial charge in [0.1, 0.15) is 11.6 Å². The van der Waals surface area contributed by atoms with Crippen LogP contribution in [0.25, 0.3) is 0 Å².